The van der Waals surface area contributed by atoms with E-state index in [2.05, 4.69) is 55.2 Å². The molecular formula is C14H15N. The fourth-order valence-corrected chi connectivity index (χ4v) is 1.89. The van der Waals surface area contributed by atoms with Crippen molar-refractivity contribution in [2.24, 2.45) is 0 Å². The summed E-state index contributed by atoms with van der Waals surface area (Å²) >= 11 is 0. The van der Waals surface area contributed by atoms with Gasteiger partial charge in [-0.05, 0) is 29.7 Å². The van der Waals surface area contributed by atoms with Crippen LogP contribution in [0.5, 0.6) is 0 Å². The third-order valence-electron chi connectivity index (χ3n) is 2.83. The molecule has 1 aromatic carbocycles. The van der Waals surface area contributed by atoms with Gasteiger partial charge in [-0.2, -0.15) is 0 Å². The minimum Gasteiger partial charge on any atom is -0.264 e. The van der Waals surface area contributed by atoms with E-state index >= 15 is 0 Å². The molecule has 0 aliphatic rings. The van der Waals surface area contributed by atoms with E-state index in [0.29, 0.717) is 5.92 Å². The monoisotopic (exact) mass is 197 g/mol. The van der Waals surface area contributed by atoms with Gasteiger partial charge < -0.3 is 0 Å². The van der Waals surface area contributed by atoms with Gasteiger partial charge in [-0.1, -0.05) is 37.3 Å². The molecule has 2 aromatic rings. The first-order chi connectivity index (χ1) is 7.29. The van der Waals surface area contributed by atoms with Crippen molar-refractivity contribution in [1.29, 1.82) is 0 Å². The molecule has 0 aliphatic heterocycles. The molecule has 1 nitrogen and oxygen atoms in total. The van der Waals surface area contributed by atoms with Gasteiger partial charge in [-0.25, -0.2) is 0 Å². The normalized spacial score (nSPS) is 12.4. The molecule has 0 N–H and O–H groups in total. The quantitative estimate of drug-likeness (QED) is 0.717. The lowest BCUT2D eigenvalue weighted by atomic mass is 9.91. The Hall–Kier alpha value is -1.63. The molecule has 15 heavy (non-hydrogen) atoms. The molecule has 2 rings (SSSR count). The Morgan fingerprint density at radius 1 is 1.07 bits per heavy atom. The van der Waals surface area contributed by atoms with Crippen molar-refractivity contribution in [2.75, 3.05) is 0 Å². The van der Waals surface area contributed by atoms with Gasteiger partial charge in [0.05, 0.1) is 0 Å². The van der Waals surface area contributed by atoms with Gasteiger partial charge in [0, 0.05) is 18.3 Å². The van der Waals surface area contributed by atoms with Gasteiger partial charge in [0.2, 0.25) is 0 Å². The van der Waals surface area contributed by atoms with Crippen LogP contribution in [0.2, 0.25) is 0 Å². The molecule has 0 fully saturated rings. The van der Waals surface area contributed by atoms with Gasteiger partial charge in [0.25, 0.3) is 0 Å². The smallest absolute Gasteiger partial charge is 0.0300 e. The van der Waals surface area contributed by atoms with Crippen LogP contribution in [-0.4, -0.2) is 4.98 Å². The number of rotatable bonds is 2. The lowest BCUT2D eigenvalue weighted by Crippen LogP contribution is -1.98. The molecule has 0 radical (unpaired) electrons. The molecular weight excluding hydrogens is 182 g/mol. The zero-order valence-electron chi connectivity index (χ0n) is 9.14. The van der Waals surface area contributed by atoms with Crippen molar-refractivity contribution in [3.63, 3.8) is 0 Å². The van der Waals surface area contributed by atoms with E-state index in [9.17, 15) is 0 Å². The molecule has 76 valence electrons. The van der Waals surface area contributed by atoms with Crippen molar-refractivity contribution in [3.05, 3.63) is 65.5 Å². The van der Waals surface area contributed by atoms with Crippen molar-refractivity contribution in [2.45, 2.75) is 19.8 Å². The van der Waals surface area contributed by atoms with E-state index in [-0.39, 0.29) is 0 Å². The summed E-state index contributed by atoms with van der Waals surface area (Å²) in [6, 6.07) is 12.7. The summed E-state index contributed by atoms with van der Waals surface area (Å²) in [7, 11) is 0. The molecule has 1 heteroatoms. The average molecular weight is 197 g/mol. The number of aryl methyl sites for hydroxylation is 1. The van der Waals surface area contributed by atoms with Crippen LogP contribution in [0.1, 0.15) is 29.5 Å². The molecule has 0 saturated heterocycles. The summed E-state index contributed by atoms with van der Waals surface area (Å²) in [5.74, 6) is 0.439. The number of hydrogen-bond donors (Lipinski definition) is 0. The number of nitrogens with zero attached hydrogens (tertiary/aromatic N) is 1. The summed E-state index contributed by atoms with van der Waals surface area (Å²) in [4.78, 5) is 4.12. The Labute approximate surface area is 90.8 Å². The first kappa shape index (κ1) is 9.91. The van der Waals surface area contributed by atoms with Gasteiger partial charge in [0.15, 0.2) is 0 Å². The van der Waals surface area contributed by atoms with Crippen LogP contribution in [0.3, 0.4) is 0 Å². The zero-order chi connectivity index (χ0) is 10.7. The maximum atomic E-state index is 4.12. The fourth-order valence-electron chi connectivity index (χ4n) is 1.89. The largest absolute Gasteiger partial charge is 0.264 e. The van der Waals surface area contributed by atoms with Gasteiger partial charge >= 0.3 is 0 Å². The second-order valence-electron chi connectivity index (χ2n) is 3.86. The van der Waals surface area contributed by atoms with Crippen molar-refractivity contribution in [1.82, 2.24) is 4.98 Å². The Morgan fingerprint density at radius 2 is 1.80 bits per heavy atom. The van der Waals surface area contributed by atoms with Crippen LogP contribution >= 0.6 is 0 Å². The Kier molecular flexibility index (Phi) is 2.82. The highest BCUT2D eigenvalue weighted by Crippen LogP contribution is 2.25. The van der Waals surface area contributed by atoms with E-state index in [4.69, 9.17) is 0 Å². The highest BCUT2D eigenvalue weighted by Gasteiger charge is 2.09. The number of hydrogen-bond acceptors (Lipinski definition) is 1. The maximum absolute atomic E-state index is 4.12. The second-order valence-corrected chi connectivity index (χ2v) is 3.86. The van der Waals surface area contributed by atoms with Gasteiger partial charge in [-0.15, -0.1) is 0 Å². The SMILES string of the molecule is Cc1cnccc1C(C)c1ccccc1. The van der Waals surface area contributed by atoms with Crippen molar-refractivity contribution < 1.29 is 0 Å². The minimum atomic E-state index is 0.439. The van der Waals surface area contributed by atoms with E-state index in [1.807, 2.05) is 12.4 Å². The molecule has 0 spiro atoms. The maximum Gasteiger partial charge on any atom is 0.0300 e. The van der Waals surface area contributed by atoms with E-state index in [0.717, 1.165) is 0 Å². The summed E-state index contributed by atoms with van der Waals surface area (Å²) in [5, 5.41) is 0. The molecule has 1 unspecified atom stereocenters. The van der Waals surface area contributed by atoms with E-state index in [1.165, 1.54) is 16.7 Å². The van der Waals surface area contributed by atoms with Crippen LogP contribution in [0, 0.1) is 6.92 Å². The molecule has 1 aromatic heterocycles. The Balaban J connectivity index is 2.37. The van der Waals surface area contributed by atoms with Crippen LogP contribution < -0.4 is 0 Å². The van der Waals surface area contributed by atoms with Crippen LogP contribution in [0.4, 0.5) is 0 Å². The summed E-state index contributed by atoms with van der Waals surface area (Å²) in [6.07, 6.45) is 3.79. The standard InChI is InChI=1S/C14H15N/c1-11-10-15-9-8-14(11)12(2)13-6-4-3-5-7-13/h3-10,12H,1-2H3. The zero-order valence-corrected chi connectivity index (χ0v) is 9.14. The molecule has 0 aliphatic carbocycles. The summed E-state index contributed by atoms with van der Waals surface area (Å²) in [5.41, 5.74) is 3.97. The second kappa shape index (κ2) is 4.26. The molecule has 1 heterocycles. The topological polar surface area (TPSA) is 12.9 Å². The molecule has 0 amide bonds. The van der Waals surface area contributed by atoms with Gasteiger partial charge in [0.1, 0.15) is 0 Å². The Morgan fingerprint density at radius 3 is 2.47 bits per heavy atom. The molecule has 0 bridgehead atoms. The number of aromatic nitrogens is 1. The molecule has 1 atom stereocenters. The first-order valence-corrected chi connectivity index (χ1v) is 5.24. The Bertz CT molecular complexity index is 434. The predicted octanol–water partition coefficient (Wildman–Crippen LogP) is 3.54. The average Bonchev–Trinajstić information content (AvgIpc) is 2.30. The predicted molar refractivity (Wildman–Crippen MR) is 62.9 cm³/mol. The van der Waals surface area contributed by atoms with E-state index < -0.39 is 0 Å². The first-order valence-electron chi connectivity index (χ1n) is 5.24. The summed E-state index contributed by atoms with van der Waals surface area (Å²) in [6.45, 7) is 4.35. The van der Waals surface area contributed by atoms with Crippen LogP contribution in [0.15, 0.2) is 48.8 Å². The van der Waals surface area contributed by atoms with E-state index in [1.54, 1.807) is 0 Å². The van der Waals surface area contributed by atoms with Crippen molar-refractivity contribution >= 4 is 0 Å². The third-order valence-corrected chi connectivity index (χ3v) is 2.83. The third kappa shape index (κ3) is 2.07. The highest BCUT2D eigenvalue weighted by atomic mass is 14.6. The highest BCUT2D eigenvalue weighted by molar-refractivity contribution is 5.34. The minimum absolute atomic E-state index is 0.439. The lowest BCUT2D eigenvalue weighted by molar-refractivity contribution is 0.903. The number of pyridine rings is 1. The van der Waals surface area contributed by atoms with Crippen molar-refractivity contribution in [3.8, 4) is 0 Å². The van der Waals surface area contributed by atoms with Crippen LogP contribution in [-0.2, 0) is 0 Å². The number of benzene rings is 1. The van der Waals surface area contributed by atoms with Crippen LogP contribution in [0.25, 0.3) is 0 Å². The fraction of sp³-hybridized carbons (Fsp3) is 0.214. The molecule has 0 saturated carbocycles. The van der Waals surface area contributed by atoms with Gasteiger partial charge in [-0.3, -0.25) is 4.98 Å². The summed E-state index contributed by atoms with van der Waals surface area (Å²) < 4.78 is 0. The lowest BCUT2D eigenvalue weighted by Gasteiger charge is -2.14.